The second kappa shape index (κ2) is 6.49. The average Bonchev–Trinajstić information content (AvgIpc) is 2.28. The Labute approximate surface area is 95.6 Å². The number of nitrogens with zero attached hydrogens (tertiary/aromatic N) is 2. The molecule has 1 aliphatic heterocycles. The molecule has 0 amide bonds. The summed E-state index contributed by atoms with van der Waals surface area (Å²) in [5.74, 6) is 0.995. The lowest BCUT2D eigenvalue weighted by atomic mass is 9.80. The summed E-state index contributed by atoms with van der Waals surface area (Å²) in [6.45, 7) is 15.1. The number of piperazine rings is 1. The van der Waals surface area contributed by atoms with E-state index in [0.29, 0.717) is 0 Å². The molecule has 0 spiro atoms. The van der Waals surface area contributed by atoms with Crippen molar-refractivity contribution < 1.29 is 0 Å². The zero-order valence-electron chi connectivity index (χ0n) is 11.0. The van der Waals surface area contributed by atoms with Gasteiger partial charge in [0, 0.05) is 32.2 Å². The van der Waals surface area contributed by atoms with Crippen molar-refractivity contribution >= 4 is 0 Å². The first-order chi connectivity index (χ1) is 7.29. The van der Waals surface area contributed by atoms with Gasteiger partial charge in [0.15, 0.2) is 0 Å². The highest BCUT2D eigenvalue weighted by atomic mass is 15.3. The van der Waals surface area contributed by atoms with Gasteiger partial charge in [0.2, 0.25) is 0 Å². The summed E-state index contributed by atoms with van der Waals surface area (Å²) in [5, 5.41) is 0. The van der Waals surface area contributed by atoms with Crippen LogP contribution in [0.5, 0.6) is 0 Å². The molecule has 1 aliphatic carbocycles. The first-order valence-corrected chi connectivity index (χ1v) is 6.76. The van der Waals surface area contributed by atoms with Crippen LogP contribution in [0.25, 0.3) is 0 Å². The van der Waals surface area contributed by atoms with Gasteiger partial charge in [0.25, 0.3) is 0 Å². The highest BCUT2D eigenvalue weighted by Crippen LogP contribution is 2.31. The van der Waals surface area contributed by atoms with E-state index in [-0.39, 0.29) is 0 Å². The lowest BCUT2D eigenvalue weighted by Gasteiger charge is -2.45. The Hall–Kier alpha value is -0.0800. The molecule has 0 N–H and O–H groups in total. The minimum atomic E-state index is 0.939. The SMILES string of the molecule is CC.CCN1CCN(C2CC(C)C2)CC1. The highest BCUT2D eigenvalue weighted by Gasteiger charge is 2.31. The Kier molecular flexibility index (Phi) is 5.62. The van der Waals surface area contributed by atoms with Crippen LogP contribution in [-0.4, -0.2) is 48.6 Å². The third-order valence-electron chi connectivity index (χ3n) is 3.72. The molecule has 0 radical (unpaired) electrons. The molecule has 1 saturated heterocycles. The van der Waals surface area contributed by atoms with Crippen molar-refractivity contribution in [3.63, 3.8) is 0 Å². The van der Waals surface area contributed by atoms with E-state index in [1.807, 2.05) is 13.8 Å². The van der Waals surface area contributed by atoms with Crippen LogP contribution in [0.2, 0.25) is 0 Å². The van der Waals surface area contributed by atoms with Crippen molar-refractivity contribution in [1.82, 2.24) is 9.80 Å². The second-order valence-electron chi connectivity index (χ2n) is 4.70. The molecule has 1 saturated carbocycles. The van der Waals surface area contributed by atoms with Gasteiger partial charge in [-0.1, -0.05) is 27.7 Å². The molecule has 2 fully saturated rings. The van der Waals surface area contributed by atoms with Gasteiger partial charge in [-0.25, -0.2) is 0 Å². The fourth-order valence-electron chi connectivity index (χ4n) is 2.60. The predicted molar refractivity (Wildman–Crippen MR) is 67.2 cm³/mol. The second-order valence-corrected chi connectivity index (χ2v) is 4.70. The van der Waals surface area contributed by atoms with E-state index in [9.17, 15) is 0 Å². The van der Waals surface area contributed by atoms with E-state index in [2.05, 4.69) is 23.6 Å². The first kappa shape index (κ1) is 13.0. The van der Waals surface area contributed by atoms with Gasteiger partial charge in [-0.3, -0.25) is 4.90 Å². The van der Waals surface area contributed by atoms with Crippen LogP contribution in [0.1, 0.15) is 40.5 Å². The van der Waals surface area contributed by atoms with E-state index in [4.69, 9.17) is 0 Å². The molecule has 0 aromatic heterocycles. The van der Waals surface area contributed by atoms with Gasteiger partial charge in [-0.05, 0) is 25.3 Å². The van der Waals surface area contributed by atoms with Gasteiger partial charge in [0.05, 0.1) is 0 Å². The molecule has 15 heavy (non-hydrogen) atoms. The Morgan fingerprint density at radius 1 is 1.00 bits per heavy atom. The monoisotopic (exact) mass is 212 g/mol. The summed E-state index contributed by atoms with van der Waals surface area (Å²) < 4.78 is 0. The molecule has 2 rings (SSSR count). The van der Waals surface area contributed by atoms with Gasteiger partial charge >= 0.3 is 0 Å². The van der Waals surface area contributed by atoms with Crippen LogP contribution in [0.4, 0.5) is 0 Å². The molecule has 1 heterocycles. The van der Waals surface area contributed by atoms with Gasteiger partial charge < -0.3 is 4.90 Å². The first-order valence-electron chi connectivity index (χ1n) is 6.76. The average molecular weight is 212 g/mol. The Bertz CT molecular complexity index is 156. The Morgan fingerprint density at radius 2 is 1.53 bits per heavy atom. The molecule has 90 valence electrons. The number of hydrogen-bond donors (Lipinski definition) is 0. The molecule has 0 aromatic carbocycles. The van der Waals surface area contributed by atoms with Crippen molar-refractivity contribution in [3.05, 3.63) is 0 Å². The highest BCUT2D eigenvalue weighted by molar-refractivity contribution is 4.87. The molecule has 0 bridgehead atoms. The smallest absolute Gasteiger partial charge is 0.0113 e. The molecule has 0 atom stereocenters. The zero-order chi connectivity index (χ0) is 11.3. The summed E-state index contributed by atoms with van der Waals surface area (Å²) in [7, 11) is 0. The standard InChI is InChI=1S/C11H22N2.C2H6/c1-3-12-4-6-13(7-5-12)11-8-10(2)9-11;1-2/h10-11H,3-9H2,1-2H3;1-2H3. The minimum Gasteiger partial charge on any atom is -0.301 e. The van der Waals surface area contributed by atoms with Crippen LogP contribution in [-0.2, 0) is 0 Å². The summed E-state index contributed by atoms with van der Waals surface area (Å²) in [4.78, 5) is 5.25. The number of likely N-dealkylation sites (N-methyl/N-ethyl adjacent to an activating group) is 1. The summed E-state index contributed by atoms with van der Waals surface area (Å²) in [6.07, 6.45) is 2.90. The third-order valence-corrected chi connectivity index (χ3v) is 3.72. The topological polar surface area (TPSA) is 6.48 Å². The van der Waals surface area contributed by atoms with Gasteiger partial charge in [-0.15, -0.1) is 0 Å². The van der Waals surface area contributed by atoms with Crippen molar-refractivity contribution in [2.75, 3.05) is 32.7 Å². The quantitative estimate of drug-likeness (QED) is 0.694. The molecule has 0 unspecified atom stereocenters. The van der Waals surface area contributed by atoms with Crippen molar-refractivity contribution in [3.8, 4) is 0 Å². The van der Waals surface area contributed by atoms with Crippen molar-refractivity contribution in [2.24, 2.45) is 5.92 Å². The number of rotatable bonds is 2. The molecule has 2 nitrogen and oxygen atoms in total. The largest absolute Gasteiger partial charge is 0.301 e. The number of hydrogen-bond acceptors (Lipinski definition) is 2. The predicted octanol–water partition coefficient (Wildman–Crippen LogP) is 2.45. The van der Waals surface area contributed by atoms with Crippen molar-refractivity contribution in [1.29, 1.82) is 0 Å². The fraction of sp³-hybridized carbons (Fsp3) is 1.00. The minimum absolute atomic E-state index is 0.939. The molecule has 2 aliphatic rings. The Balaban J connectivity index is 0.000000531. The molecular weight excluding hydrogens is 184 g/mol. The van der Waals surface area contributed by atoms with Crippen LogP contribution in [0.15, 0.2) is 0 Å². The Morgan fingerprint density at radius 3 is 1.93 bits per heavy atom. The van der Waals surface area contributed by atoms with E-state index in [1.165, 1.54) is 45.6 Å². The van der Waals surface area contributed by atoms with Crippen LogP contribution < -0.4 is 0 Å². The van der Waals surface area contributed by atoms with Crippen molar-refractivity contribution in [2.45, 2.75) is 46.6 Å². The maximum absolute atomic E-state index is 2.70. The van der Waals surface area contributed by atoms with Crippen LogP contribution >= 0.6 is 0 Å². The lowest BCUT2D eigenvalue weighted by Crippen LogP contribution is -2.53. The van der Waals surface area contributed by atoms with E-state index in [0.717, 1.165) is 12.0 Å². The maximum Gasteiger partial charge on any atom is 0.0113 e. The van der Waals surface area contributed by atoms with Gasteiger partial charge in [0.1, 0.15) is 0 Å². The molecule has 0 aromatic rings. The summed E-state index contributed by atoms with van der Waals surface area (Å²) >= 11 is 0. The summed E-state index contributed by atoms with van der Waals surface area (Å²) in [6, 6.07) is 0.939. The van der Waals surface area contributed by atoms with Crippen LogP contribution in [0, 0.1) is 5.92 Å². The van der Waals surface area contributed by atoms with E-state index in [1.54, 1.807) is 0 Å². The maximum atomic E-state index is 2.70. The summed E-state index contributed by atoms with van der Waals surface area (Å²) in [5.41, 5.74) is 0. The fourth-order valence-corrected chi connectivity index (χ4v) is 2.60. The lowest BCUT2D eigenvalue weighted by molar-refractivity contribution is 0.0398. The third kappa shape index (κ3) is 3.46. The van der Waals surface area contributed by atoms with Crippen LogP contribution in [0.3, 0.4) is 0 Å². The van der Waals surface area contributed by atoms with Gasteiger partial charge in [-0.2, -0.15) is 0 Å². The molecule has 2 heteroatoms. The zero-order valence-corrected chi connectivity index (χ0v) is 11.0. The van der Waals surface area contributed by atoms with E-state index >= 15 is 0 Å². The van der Waals surface area contributed by atoms with E-state index < -0.39 is 0 Å². The normalized spacial score (nSPS) is 32.8. The molecular formula is C13H28N2.